The number of para-hydroxylation sites is 4. The highest BCUT2D eigenvalue weighted by Gasteiger charge is 2.22. The van der Waals surface area contributed by atoms with Gasteiger partial charge in [-0.1, -0.05) is 72.8 Å². The molecule has 0 aliphatic rings. The van der Waals surface area contributed by atoms with Gasteiger partial charge in [-0.3, -0.25) is 4.57 Å². The van der Waals surface area contributed by atoms with Crippen LogP contribution < -0.4 is 0 Å². The maximum Gasteiger partial charge on any atom is 0.307 e. The molecule has 0 bridgehead atoms. The largest absolute Gasteiger partial charge is 0.456 e. The van der Waals surface area contributed by atoms with Crippen LogP contribution in [-0.4, -0.2) is 14.1 Å². The Morgan fingerprint density at radius 3 is 1.83 bits per heavy atom. The van der Waals surface area contributed by atoms with E-state index >= 15 is 0 Å². The second-order valence-corrected chi connectivity index (χ2v) is 10.8. The summed E-state index contributed by atoms with van der Waals surface area (Å²) in [6.45, 7) is 0. The van der Waals surface area contributed by atoms with Crippen molar-refractivity contribution < 1.29 is 8.83 Å². The van der Waals surface area contributed by atoms with Crippen LogP contribution >= 0.6 is 0 Å². The molecule has 4 aromatic heterocycles. The first-order chi connectivity index (χ1) is 20.8. The minimum Gasteiger partial charge on any atom is -0.456 e. The van der Waals surface area contributed by atoms with Crippen molar-refractivity contribution >= 4 is 76.6 Å². The van der Waals surface area contributed by atoms with Gasteiger partial charge >= 0.3 is 6.01 Å². The van der Waals surface area contributed by atoms with Crippen molar-refractivity contribution in [3.63, 3.8) is 0 Å². The van der Waals surface area contributed by atoms with Gasteiger partial charge in [-0.25, -0.2) is 0 Å². The van der Waals surface area contributed by atoms with Crippen molar-refractivity contribution in [1.29, 1.82) is 0 Å². The molecule has 196 valence electrons. The molecule has 0 spiro atoms. The fourth-order valence-corrected chi connectivity index (χ4v) is 6.78. The molecule has 6 aromatic carbocycles. The second kappa shape index (κ2) is 7.89. The molecule has 0 N–H and O–H groups in total. The van der Waals surface area contributed by atoms with Gasteiger partial charge in [0.25, 0.3) is 0 Å². The van der Waals surface area contributed by atoms with E-state index in [0.29, 0.717) is 6.01 Å². The van der Waals surface area contributed by atoms with E-state index in [0.717, 1.165) is 66.0 Å². The van der Waals surface area contributed by atoms with Gasteiger partial charge in [0.1, 0.15) is 16.7 Å². The first-order valence-electron chi connectivity index (χ1n) is 14.1. The number of aromatic nitrogens is 3. The van der Waals surface area contributed by atoms with Crippen molar-refractivity contribution in [3.8, 4) is 11.7 Å². The number of benzene rings is 6. The van der Waals surface area contributed by atoms with Crippen LogP contribution in [-0.2, 0) is 0 Å². The minimum absolute atomic E-state index is 0.538. The van der Waals surface area contributed by atoms with Crippen molar-refractivity contribution in [3.05, 3.63) is 127 Å². The lowest BCUT2D eigenvalue weighted by molar-refractivity contribution is 0.574. The number of nitrogens with zero attached hydrogens (tertiary/aromatic N) is 3. The van der Waals surface area contributed by atoms with E-state index < -0.39 is 0 Å². The molecule has 0 amide bonds. The van der Waals surface area contributed by atoms with Crippen molar-refractivity contribution in [1.82, 2.24) is 14.1 Å². The van der Waals surface area contributed by atoms with Crippen LogP contribution in [0.2, 0.25) is 0 Å². The normalized spacial score (nSPS) is 12.3. The van der Waals surface area contributed by atoms with Crippen LogP contribution in [0.1, 0.15) is 0 Å². The molecule has 0 atom stereocenters. The maximum absolute atomic E-state index is 6.54. The maximum atomic E-state index is 6.54. The number of rotatable bonds is 2. The first kappa shape index (κ1) is 21.9. The van der Waals surface area contributed by atoms with Gasteiger partial charge in [0, 0.05) is 32.6 Å². The van der Waals surface area contributed by atoms with Crippen LogP contribution in [0.5, 0.6) is 0 Å². The number of hydrogen-bond acceptors (Lipinski definition) is 3. The lowest BCUT2D eigenvalue weighted by atomic mass is 10.1. The molecule has 5 nitrogen and oxygen atoms in total. The summed E-state index contributed by atoms with van der Waals surface area (Å²) in [5.41, 5.74) is 8.72. The van der Waals surface area contributed by atoms with Crippen LogP contribution in [0.25, 0.3) is 88.4 Å². The van der Waals surface area contributed by atoms with Gasteiger partial charge < -0.3 is 13.4 Å². The van der Waals surface area contributed by atoms with Crippen molar-refractivity contribution in [2.75, 3.05) is 0 Å². The zero-order chi connectivity index (χ0) is 27.4. The Balaban J connectivity index is 1.35. The van der Waals surface area contributed by atoms with Crippen molar-refractivity contribution in [2.45, 2.75) is 0 Å². The van der Waals surface area contributed by atoms with Crippen LogP contribution in [0.15, 0.2) is 136 Å². The Kier molecular flexibility index (Phi) is 4.12. The Labute approximate surface area is 238 Å². The van der Waals surface area contributed by atoms with E-state index in [-0.39, 0.29) is 0 Å². The molecular weight excluding hydrogens is 518 g/mol. The molecular formula is C37H21N3O2. The highest BCUT2D eigenvalue weighted by molar-refractivity contribution is 6.20. The summed E-state index contributed by atoms with van der Waals surface area (Å²) in [4.78, 5) is 5.14. The molecule has 10 aromatic rings. The predicted molar refractivity (Wildman–Crippen MR) is 170 cm³/mol. The lowest BCUT2D eigenvalue weighted by Crippen LogP contribution is -1.95. The standard InChI is InChI=1S/C37H21N3O2/c1-2-10-22(11-3-1)39-28-15-7-4-12-23(28)26-20-27-24-13-5-8-16-29(24)40(31(27)21-30(26)39)37-38-36-34(42-37)19-18-33-35(36)25-14-6-9-17-32(25)41-33/h1-21H. The van der Waals surface area contributed by atoms with Crippen molar-refractivity contribution in [2.24, 2.45) is 0 Å². The Bertz CT molecular complexity index is 2690. The number of hydrogen-bond donors (Lipinski definition) is 0. The molecule has 42 heavy (non-hydrogen) atoms. The molecule has 0 unspecified atom stereocenters. The molecule has 0 aliphatic heterocycles. The third-order valence-corrected chi connectivity index (χ3v) is 8.56. The quantitative estimate of drug-likeness (QED) is 0.220. The molecule has 0 aliphatic carbocycles. The second-order valence-electron chi connectivity index (χ2n) is 10.8. The van der Waals surface area contributed by atoms with Gasteiger partial charge in [0.15, 0.2) is 5.58 Å². The fraction of sp³-hybridized carbons (Fsp3) is 0. The minimum atomic E-state index is 0.538. The zero-order valence-electron chi connectivity index (χ0n) is 22.3. The van der Waals surface area contributed by atoms with Gasteiger partial charge in [0.05, 0.1) is 27.5 Å². The molecule has 4 heterocycles. The van der Waals surface area contributed by atoms with Crippen LogP contribution in [0, 0.1) is 0 Å². The first-order valence-corrected chi connectivity index (χ1v) is 14.1. The summed E-state index contributed by atoms with van der Waals surface area (Å²) in [5.74, 6) is 0. The summed E-state index contributed by atoms with van der Waals surface area (Å²) < 4.78 is 17.2. The summed E-state index contributed by atoms with van der Waals surface area (Å²) >= 11 is 0. The Morgan fingerprint density at radius 1 is 0.429 bits per heavy atom. The number of furan rings is 1. The Morgan fingerprint density at radius 2 is 1.05 bits per heavy atom. The van der Waals surface area contributed by atoms with E-state index in [9.17, 15) is 0 Å². The van der Waals surface area contributed by atoms with Crippen LogP contribution in [0.3, 0.4) is 0 Å². The fourth-order valence-electron chi connectivity index (χ4n) is 6.78. The molecule has 0 fully saturated rings. The molecule has 0 saturated heterocycles. The van der Waals surface area contributed by atoms with Gasteiger partial charge in [-0.2, -0.15) is 4.98 Å². The van der Waals surface area contributed by atoms with Gasteiger partial charge in [-0.05, 0) is 54.6 Å². The highest BCUT2D eigenvalue weighted by atomic mass is 16.4. The van der Waals surface area contributed by atoms with Gasteiger partial charge in [0.2, 0.25) is 0 Å². The van der Waals surface area contributed by atoms with E-state index in [2.05, 4.69) is 106 Å². The monoisotopic (exact) mass is 539 g/mol. The smallest absolute Gasteiger partial charge is 0.307 e. The zero-order valence-corrected chi connectivity index (χ0v) is 22.3. The molecule has 0 radical (unpaired) electrons. The molecule has 5 heteroatoms. The number of fused-ring (bicyclic) bond motifs is 11. The topological polar surface area (TPSA) is 49.0 Å². The third-order valence-electron chi connectivity index (χ3n) is 8.56. The highest BCUT2D eigenvalue weighted by Crippen LogP contribution is 2.41. The molecule has 10 rings (SSSR count). The summed E-state index contributed by atoms with van der Waals surface area (Å²) in [6.07, 6.45) is 0. The molecule has 0 saturated carbocycles. The van der Waals surface area contributed by atoms with E-state index in [4.69, 9.17) is 13.8 Å². The predicted octanol–water partition coefficient (Wildman–Crippen LogP) is 9.92. The summed E-state index contributed by atoms with van der Waals surface area (Å²) in [6, 6.07) is 44.8. The van der Waals surface area contributed by atoms with Crippen LogP contribution in [0.4, 0.5) is 0 Å². The summed E-state index contributed by atoms with van der Waals surface area (Å²) in [5, 5.41) is 6.78. The van der Waals surface area contributed by atoms with E-state index in [1.165, 1.54) is 16.3 Å². The summed E-state index contributed by atoms with van der Waals surface area (Å²) in [7, 11) is 0. The Hall–Kier alpha value is -5.81. The number of oxazole rings is 1. The average molecular weight is 540 g/mol. The lowest BCUT2D eigenvalue weighted by Gasteiger charge is -2.08. The van der Waals surface area contributed by atoms with E-state index in [1.807, 2.05) is 30.3 Å². The average Bonchev–Trinajstić information content (AvgIpc) is 3.79. The third kappa shape index (κ3) is 2.79. The van der Waals surface area contributed by atoms with E-state index in [1.54, 1.807) is 0 Å². The van der Waals surface area contributed by atoms with Gasteiger partial charge in [-0.15, -0.1) is 0 Å². The SMILES string of the molecule is c1ccc(-n2c3ccccc3c3cc4c5ccccc5n(-c5nc6c(ccc7oc8ccccc8c76)o5)c4cc32)cc1.